The van der Waals surface area contributed by atoms with Gasteiger partial charge in [0.05, 0.1) is 26.4 Å². The van der Waals surface area contributed by atoms with Crippen LogP contribution in [0.15, 0.2) is 0 Å². The van der Waals surface area contributed by atoms with E-state index in [0.29, 0.717) is 25.7 Å². The lowest BCUT2D eigenvalue weighted by Gasteiger charge is -2.21. The van der Waals surface area contributed by atoms with Gasteiger partial charge in [-0.15, -0.1) is 0 Å². The Morgan fingerprint density at radius 1 is 0.315 bits per heavy atom. The first-order valence-electron chi connectivity index (χ1n) is 37.9. The lowest BCUT2D eigenvalue weighted by atomic mass is 9.99. The van der Waals surface area contributed by atoms with Crippen LogP contribution in [-0.2, 0) is 65.4 Å². The first-order chi connectivity index (χ1) is 44.3. The Hall–Kier alpha value is -1.94. The number of carbonyl (C=O) groups excluding carboxylic acids is 4. The van der Waals surface area contributed by atoms with E-state index in [1.807, 2.05) is 0 Å². The number of esters is 4. The Morgan fingerprint density at radius 3 is 0.826 bits per heavy atom. The van der Waals surface area contributed by atoms with Crippen LogP contribution in [-0.4, -0.2) is 96.7 Å². The highest BCUT2D eigenvalue weighted by Crippen LogP contribution is 2.45. The fraction of sp³-hybridized carbons (Fsp3) is 0.945. The van der Waals surface area contributed by atoms with Crippen LogP contribution in [0.2, 0.25) is 0 Å². The van der Waals surface area contributed by atoms with Gasteiger partial charge >= 0.3 is 39.5 Å². The van der Waals surface area contributed by atoms with E-state index in [0.717, 1.165) is 108 Å². The second-order valence-electron chi connectivity index (χ2n) is 27.5. The zero-order valence-electron chi connectivity index (χ0n) is 60.0. The van der Waals surface area contributed by atoms with E-state index in [1.165, 1.54) is 180 Å². The van der Waals surface area contributed by atoms with Crippen molar-refractivity contribution in [1.82, 2.24) is 0 Å². The molecule has 92 heavy (non-hydrogen) atoms. The van der Waals surface area contributed by atoms with Crippen LogP contribution in [0, 0.1) is 17.8 Å². The number of phosphoric acid groups is 2. The van der Waals surface area contributed by atoms with Crippen molar-refractivity contribution in [3.8, 4) is 0 Å². The number of aliphatic hydroxyl groups excluding tert-OH is 1. The molecular formula is C73H142O17P2. The van der Waals surface area contributed by atoms with Crippen molar-refractivity contribution < 1.29 is 80.2 Å². The summed E-state index contributed by atoms with van der Waals surface area (Å²) in [5, 5.41) is 10.6. The smallest absolute Gasteiger partial charge is 0.462 e. The minimum atomic E-state index is -4.95. The molecule has 0 aliphatic heterocycles. The topological polar surface area (TPSA) is 237 Å². The molecule has 0 radical (unpaired) electrons. The zero-order valence-corrected chi connectivity index (χ0v) is 61.8. The predicted octanol–water partition coefficient (Wildman–Crippen LogP) is 21.0. The van der Waals surface area contributed by atoms with Crippen molar-refractivity contribution in [3.05, 3.63) is 0 Å². The summed E-state index contributed by atoms with van der Waals surface area (Å²) in [6.07, 6.45) is 48.3. The number of carbonyl (C=O) groups is 4. The molecule has 0 spiro atoms. The number of unbranched alkanes of at least 4 members (excludes halogenated alkanes) is 38. The normalized spacial score (nSPS) is 14.4. The molecule has 3 N–H and O–H groups in total. The first kappa shape index (κ1) is 90.1. The van der Waals surface area contributed by atoms with E-state index in [-0.39, 0.29) is 25.7 Å². The van der Waals surface area contributed by atoms with Gasteiger partial charge in [-0.05, 0) is 43.4 Å². The summed E-state index contributed by atoms with van der Waals surface area (Å²) in [6.45, 7) is 11.9. The monoisotopic (exact) mass is 1350 g/mol. The number of phosphoric ester groups is 2. The summed E-state index contributed by atoms with van der Waals surface area (Å²) in [5.74, 6) is 0.193. The van der Waals surface area contributed by atoms with Gasteiger partial charge in [0.25, 0.3) is 0 Å². The summed E-state index contributed by atoms with van der Waals surface area (Å²) >= 11 is 0. The average Bonchev–Trinajstić information content (AvgIpc) is 2.03. The van der Waals surface area contributed by atoms with Crippen LogP contribution in [0.4, 0.5) is 0 Å². The molecule has 19 heteroatoms. The van der Waals surface area contributed by atoms with Gasteiger partial charge in [-0.25, -0.2) is 9.13 Å². The zero-order chi connectivity index (χ0) is 68.0. The molecule has 0 aliphatic carbocycles. The number of hydrogen-bond acceptors (Lipinski definition) is 15. The van der Waals surface area contributed by atoms with Crippen molar-refractivity contribution >= 4 is 39.5 Å². The SMILES string of the molecule is CCCCCCCCCCCCCCC(=O)OC[C@H](COP(=O)(O)OC[C@H](O)COP(=O)(O)OC[C@@H](COC(=O)CCCCCCCCCCCCC(C)C)OC(=O)CCCCCCCCCCCCC(C)CC)OC(=O)CCCCCCCCCCCCC(C)C. The second-order valence-corrected chi connectivity index (χ2v) is 30.4. The van der Waals surface area contributed by atoms with Crippen LogP contribution in [0.3, 0.4) is 0 Å². The molecule has 0 bridgehead atoms. The summed E-state index contributed by atoms with van der Waals surface area (Å²) in [4.78, 5) is 72.7. The quantitative estimate of drug-likeness (QED) is 0.0222. The average molecular weight is 1350 g/mol. The van der Waals surface area contributed by atoms with Crippen molar-refractivity contribution in [2.75, 3.05) is 39.6 Å². The highest BCUT2D eigenvalue weighted by molar-refractivity contribution is 7.47. The minimum absolute atomic E-state index is 0.106. The van der Waals surface area contributed by atoms with Gasteiger partial charge in [0.2, 0.25) is 0 Å². The standard InChI is InChI=1S/C73H142O17P2/c1-8-10-11-12-13-14-15-16-26-33-40-47-54-70(75)83-60-68(89-72(77)56-49-42-35-28-21-18-24-31-38-45-52-65(5)6)62-87-91(79,80)85-58-67(74)59-86-92(81,82)88-63-69(61-84-71(76)55-48-41-34-27-20-17-23-30-37-44-51-64(3)4)90-73(78)57-50-43-36-29-22-19-25-32-39-46-53-66(7)9-2/h64-69,74H,8-63H2,1-7H3,(H,79,80)(H,81,82)/t66?,67-,68+,69+/m0/s1. The molecule has 0 aromatic heterocycles. The van der Waals surface area contributed by atoms with Crippen LogP contribution in [0.5, 0.6) is 0 Å². The van der Waals surface area contributed by atoms with Crippen LogP contribution in [0.25, 0.3) is 0 Å². The Balaban J connectivity index is 5.28. The maximum absolute atomic E-state index is 13.0. The molecule has 0 amide bonds. The summed E-state index contributed by atoms with van der Waals surface area (Å²) in [7, 11) is -9.91. The summed E-state index contributed by atoms with van der Waals surface area (Å²) in [6, 6.07) is 0. The summed E-state index contributed by atoms with van der Waals surface area (Å²) in [5.41, 5.74) is 0. The molecule has 0 rings (SSSR count). The van der Waals surface area contributed by atoms with Crippen molar-refractivity contribution in [3.63, 3.8) is 0 Å². The number of rotatable bonds is 71. The first-order valence-corrected chi connectivity index (χ1v) is 40.9. The molecule has 0 saturated carbocycles. The maximum Gasteiger partial charge on any atom is 0.472 e. The highest BCUT2D eigenvalue weighted by atomic mass is 31.2. The molecule has 3 unspecified atom stereocenters. The Bertz CT molecular complexity index is 1800. The number of ether oxygens (including phenoxy) is 4. The van der Waals surface area contributed by atoms with Crippen molar-refractivity contribution in [2.24, 2.45) is 17.8 Å². The Morgan fingerprint density at radius 2 is 0.554 bits per heavy atom. The Kier molecular flexibility index (Phi) is 62.4. The van der Waals surface area contributed by atoms with Crippen LogP contribution in [0.1, 0.15) is 370 Å². The van der Waals surface area contributed by atoms with Gasteiger partial charge in [0, 0.05) is 25.7 Å². The number of hydrogen-bond donors (Lipinski definition) is 3. The van der Waals surface area contributed by atoms with Crippen LogP contribution >= 0.6 is 15.6 Å². The van der Waals surface area contributed by atoms with Gasteiger partial charge in [-0.2, -0.15) is 0 Å². The van der Waals surface area contributed by atoms with Gasteiger partial charge in [0.15, 0.2) is 12.2 Å². The second kappa shape index (κ2) is 63.8. The predicted molar refractivity (Wildman–Crippen MR) is 372 cm³/mol. The van der Waals surface area contributed by atoms with E-state index >= 15 is 0 Å². The van der Waals surface area contributed by atoms with E-state index in [9.17, 15) is 43.2 Å². The van der Waals surface area contributed by atoms with E-state index in [2.05, 4.69) is 48.5 Å². The lowest BCUT2D eigenvalue weighted by molar-refractivity contribution is -0.161. The van der Waals surface area contributed by atoms with Crippen LogP contribution < -0.4 is 0 Å². The molecular weight excluding hydrogens is 1210 g/mol. The van der Waals surface area contributed by atoms with Gasteiger partial charge < -0.3 is 33.8 Å². The van der Waals surface area contributed by atoms with Crippen molar-refractivity contribution in [1.29, 1.82) is 0 Å². The third-order valence-corrected chi connectivity index (χ3v) is 19.1. The third kappa shape index (κ3) is 65.4. The van der Waals surface area contributed by atoms with E-state index < -0.39 is 97.5 Å². The largest absolute Gasteiger partial charge is 0.472 e. The van der Waals surface area contributed by atoms with E-state index in [1.54, 1.807) is 0 Å². The molecule has 0 aliphatic rings. The maximum atomic E-state index is 13.0. The van der Waals surface area contributed by atoms with E-state index in [4.69, 9.17) is 37.0 Å². The van der Waals surface area contributed by atoms with Gasteiger partial charge in [-0.1, -0.05) is 318 Å². The molecule has 0 heterocycles. The molecule has 0 aromatic carbocycles. The Labute approximate surface area is 562 Å². The summed E-state index contributed by atoms with van der Waals surface area (Å²) < 4.78 is 68.4. The fourth-order valence-electron chi connectivity index (χ4n) is 11.0. The van der Waals surface area contributed by atoms with Gasteiger partial charge in [-0.3, -0.25) is 37.3 Å². The minimum Gasteiger partial charge on any atom is -0.462 e. The third-order valence-electron chi connectivity index (χ3n) is 17.2. The van der Waals surface area contributed by atoms with Crippen molar-refractivity contribution in [2.45, 2.75) is 388 Å². The molecule has 0 saturated heterocycles. The lowest BCUT2D eigenvalue weighted by Crippen LogP contribution is -2.30. The highest BCUT2D eigenvalue weighted by Gasteiger charge is 2.30. The molecule has 17 nitrogen and oxygen atoms in total. The molecule has 546 valence electrons. The fourth-order valence-corrected chi connectivity index (χ4v) is 12.6. The molecule has 0 fully saturated rings. The molecule has 6 atom stereocenters. The molecule has 0 aromatic rings. The van der Waals surface area contributed by atoms with Gasteiger partial charge in [0.1, 0.15) is 19.3 Å². The number of aliphatic hydroxyl groups is 1.